The first-order chi connectivity index (χ1) is 10.5. The molecular formula is C16H16O5S. The van der Waals surface area contributed by atoms with E-state index < -0.39 is 10.1 Å². The van der Waals surface area contributed by atoms with Gasteiger partial charge in [0.25, 0.3) is 10.1 Å². The molecule has 0 saturated carbocycles. The quantitative estimate of drug-likeness (QED) is 0.627. The second-order valence-electron chi connectivity index (χ2n) is 4.42. The van der Waals surface area contributed by atoms with Crippen molar-refractivity contribution >= 4 is 16.2 Å². The Labute approximate surface area is 129 Å². The molecule has 116 valence electrons. The van der Waals surface area contributed by atoms with E-state index in [1.807, 2.05) is 24.3 Å². The molecule has 0 aliphatic carbocycles. The van der Waals surface area contributed by atoms with E-state index in [2.05, 4.69) is 6.58 Å². The van der Waals surface area contributed by atoms with Crippen molar-refractivity contribution in [2.24, 2.45) is 0 Å². The third-order valence-electron chi connectivity index (χ3n) is 2.86. The standard InChI is InChI=1S/C16H16O5S/c1-2-13-3-5-14(6-4-13)20-11-12-21-15-7-9-16(10-8-15)22(17,18)19/h2-10H,1,11-12H2,(H,17,18,19). The molecule has 0 saturated heterocycles. The van der Waals surface area contributed by atoms with Gasteiger partial charge in [0.1, 0.15) is 24.7 Å². The molecule has 0 spiro atoms. The fourth-order valence-electron chi connectivity index (χ4n) is 1.73. The zero-order chi connectivity index (χ0) is 16.0. The van der Waals surface area contributed by atoms with Crippen LogP contribution in [0.3, 0.4) is 0 Å². The van der Waals surface area contributed by atoms with Gasteiger partial charge in [-0.2, -0.15) is 8.42 Å². The van der Waals surface area contributed by atoms with Gasteiger partial charge in [-0.25, -0.2) is 0 Å². The predicted octanol–water partition coefficient (Wildman–Crippen LogP) is 3.03. The minimum atomic E-state index is -4.17. The summed E-state index contributed by atoms with van der Waals surface area (Å²) in [5.41, 5.74) is 1.02. The molecular weight excluding hydrogens is 304 g/mol. The van der Waals surface area contributed by atoms with Gasteiger partial charge in [-0.05, 0) is 42.0 Å². The molecule has 0 fully saturated rings. The molecule has 6 heteroatoms. The van der Waals surface area contributed by atoms with Gasteiger partial charge in [-0.15, -0.1) is 0 Å². The summed E-state index contributed by atoms with van der Waals surface area (Å²) < 4.78 is 41.6. The molecule has 0 aliphatic heterocycles. The summed E-state index contributed by atoms with van der Waals surface area (Å²) in [6.45, 7) is 4.35. The Hall–Kier alpha value is -2.31. The third-order valence-corrected chi connectivity index (χ3v) is 3.73. The summed E-state index contributed by atoms with van der Waals surface area (Å²) in [6, 6.07) is 13.0. The van der Waals surface area contributed by atoms with Crippen LogP contribution >= 0.6 is 0 Å². The van der Waals surface area contributed by atoms with Crippen LogP contribution in [0.4, 0.5) is 0 Å². The third kappa shape index (κ3) is 4.61. The van der Waals surface area contributed by atoms with E-state index in [9.17, 15) is 8.42 Å². The summed E-state index contributed by atoms with van der Waals surface area (Å²) in [6.07, 6.45) is 1.75. The Balaban J connectivity index is 1.79. The topological polar surface area (TPSA) is 72.8 Å². The van der Waals surface area contributed by atoms with Crippen LogP contribution in [0, 0.1) is 0 Å². The van der Waals surface area contributed by atoms with Crippen LogP contribution in [-0.2, 0) is 10.1 Å². The van der Waals surface area contributed by atoms with E-state index >= 15 is 0 Å². The molecule has 2 rings (SSSR count). The number of benzene rings is 2. The van der Waals surface area contributed by atoms with E-state index in [0.717, 1.165) is 11.3 Å². The van der Waals surface area contributed by atoms with Crippen molar-refractivity contribution in [2.45, 2.75) is 4.90 Å². The largest absolute Gasteiger partial charge is 0.490 e. The van der Waals surface area contributed by atoms with Crippen molar-refractivity contribution in [3.63, 3.8) is 0 Å². The van der Waals surface area contributed by atoms with Crippen LogP contribution in [-0.4, -0.2) is 26.2 Å². The maximum atomic E-state index is 10.9. The maximum Gasteiger partial charge on any atom is 0.294 e. The fraction of sp³-hybridized carbons (Fsp3) is 0.125. The normalized spacial score (nSPS) is 11.0. The Morgan fingerprint density at radius 3 is 1.77 bits per heavy atom. The highest BCUT2D eigenvalue weighted by atomic mass is 32.2. The molecule has 0 amide bonds. The molecule has 0 atom stereocenters. The van der Waals surface area contributed by atoms with E-state index in [0.29, 0.717) is 19.0 Å². The lowest BCUT2D eigenvalue weighted by atomic mass is 10.2. The van der Waals surface area contributed by atoms with Crippen molar-refractivity contribution in [3.8, 4) is 11.5 Å². The molecule has 1 N–H and O–H groups in total. The summed E-state index contributed by atoms with van der Waals surface area (Å²) in [5, 5.41) is 0. The van der Waals surface area contributed by atoms with Crippen molar-refractivity contribution in [1.82, 2.24) is 0 Å². The second-order valence-corrected chi connectivity index (χ2v) is 5.84. The lowest BCUT2D eigenvalue weighted by Crippen LogP contribution is -2.09. The Bertz CT molecular complexity index is 718. The molecule has 5 nitrogen and oxygen atoms in total. The van der Waals surface area contributed by atoms with Gasteiger partial charge in [0.15, 0.2) is 0 Å². The Kier molecular flexibility index (Phi) is 5.19. The van der Waals surface area contributed by atoms with Crippen LogP contribution in [0.2, 0.25) is 0 Å². The summed E-state index contributed by atoms with van der Waals surface area (Å²) in [7, 11) is -4.17. The van der Waals surface area contributed by atoms with Gasteiger partial charge in [0, 0.05) is 0 Å². The minimum absolute atomic E-state index is 0.168. The zero-order valence-electron chi connectivity index (χ0n) is 11.8. The van der Waals surface area contributed by atoms with Gasteiger partial charge in [-0.3, -0.25) is 4.55 Å². The average Bonchev–Trinajstić information content (AvgIpc) is 2.52. The molecule has 2 aromatic carbocycles. The molecule has 0 radical (unpaired) electrons. The van der Waals surface area contributed by atoms with Crippen molar-refractivity contribution < 1.29 is 22.4 Å². The molecule has 0 heterocycles. The summed E-state index contributed by atoms with van der Waals surface area (Å²) >= 11 is 0. The lowest BCUT2D eigenvalue weighted by Gasteiger charge is -2.09. The van der Waals surface area contributed by atoms with Crippen molar-refractivity contribution in [3.05, 3.63) is 60.7 Å². The van der Waals surface area contributed by atoms with Crippen LogP contribution in [0.1, 0.15) is 5.56 Å². The molecule has 22 heavy (non-hydrogen) atoms. The second kappa shape index (κ2) is 7.11. The predicted molar refractivity (Wildman–Crippen MR) is 83.8 cm³/mol. The fourth-order valence-corrected chi connectivity index (χ4v) is 2.21. The smallest absolute Gasteiger partial charge is 0.294 e. The first-order valence-corrected chi connectivity index (χ1v) is 7.99. The van der Waals surface area contributed by atoms with E-state index in [1.54, 1.807) is 6.08 Å². The van der Waals surface area contributed by atoms with Gasteiger partial charge in [0.05, 0.1) is 4.90 Å². The highest BCUT2D eigenvalue weighted by molar-refractivity contribution is 7.85. The zero-order valence-corrected chi connectivity index (χ0v) is 12.6. The van der Waals surface area contributed by atoms with Crippen LogP contribution < -0.4 is 9.47 Å². The van der Waals surface area contributed by atoms with E-state index in [-0.39, 0.29) is 4.90 Å². The number of rotatable bonds is 7. The highest BCUT2D eigenvalue weighted by Gasteiger charge is 2.08. The first kappa shape index (κ1) is 16.1. The van der Waals surface area contributed by atoms with Gasteiger partial charge < -0.3 is 9.47 Å². The summed E-state index contributed by atoms with van der Waals surface area (Å²) in [4.78, 5) is -0.168. The lowest BCUT2D eigenvalue weighted by molar-refractivity contribution is 0.217. The maximum absolute atomic E-state index is 10.9. The SMILES string of the molecule is C=Cc1ccc(OCCOc2ccc(S(=O)(=O)O)cc2)cc1. The van der Waals surface area contributed by atoms with Crippen LogP contribution in [0.5, 0.6) is 11.5 Å². The van der Waals surface area contributed by atoms with Crippen molar-refractivity contribution in [2.75, 3.05) is 13.2 Å². The average molecular weight is 320 g/mol. The Morgan fingerprint density at radius 2 is 1.36 bits per heavy atom. The number of hydrogen-bond acceptors (Lipinski definition) is 4. The van der Waals surface area contributed by atoms with Gasteiger partial charge >= 0.3 is 0 Å². The van der Waals surface area contributed by atoms with Gasteiger partial charge in [0.2, 0.25) is 0 Å². The molecule has 0 bridgehead atoms. The molecule has 0 aromatic heterocycles. The highest BCUT2D eigenvalue weighted by Crippen LogP contribution is 2.16. The molecule has 0 aliphatic rings. The van der Waals surface area contributed by atoms with E-state index in [4.69, 9.17) is 14.0 Å². The first-order valence-electron chi connectivity index (χ1n) is 6.55. The van der Waals surface area contributed by atoms with Crippen molar-refractivity contribution in [1.29, 1.82) is 0 Å². The van der Waals surface area contributed by atoms with Gasteiger partial charge in [-0.1, -0.05) is 24.8 Å². The Morgan fingerprint density at radius 1 is 0.909 bits per heavy atom. The molecule has 0 unspecified atom stereocenters. The summed E-state index contributed by atoms with van der Waals surface area (Å²) in [5.74, 6) is 1.23. The van der Waals surface area contributed by atoms with Crippen LogP contribution in [0.15, 0.2) is 60.0 Å². The van der Waals surface area contributed by atoms with E-state index in [1.165, 1.54) is 24.3 Å². The number of hydrogen-bond donors (Lipinski definition) is 1. The molecule has 2 aromatic rings. The minimum Gasteiger partial charge on any atom is -0.490 e. The van der Waals surface area contributed by atoms with Crippen LogP contribution in [0.25, 0.3) is 6.08 Å². The monoisotopic (exact) mass is 320 g/mol. The number of ether oxygens (including phenoxy) is 2.